The van der Waals surface area contributed by atoms with Crippen molar-refractivity contribution in [3.05, 3.63) is 22.3 Å². The molecule has 1 aliphatic rings. The molecule has 0 aliphatic carbocycles. The summed E-state index contributed by atoms with van der Waals surface area (Å²) >= 11 is 3.25. The van der Waals surface area contributed by atoms with E-state index >= 15 is 0 Å². The smallest absolute Gasteiger partial charge is 0.408 e. The number of nitrogens with zero attached hydrogens (tertiary/aromatic N) is 2. The van der Waals surface area contributed by atoms with Crippen LogP contribution >= 0.6 is 15.9 Å². The van der Waals surface area contributed by atoms with E-state index in [2.05, 4.69) is 26.2 Å². The van der Waals surface area contributed by atoms with Crippen LogP contribution in [-0.2, 0) is 11.3 Å². The minimum Gasteiger partial charge on any atom is -0.465 e. The average molecular weight is 286 g/mol. The predicted octanol–water partition coefficient (Wildman–Crippen LogP) is 1.28. The molecular formula is C9H8BrN3O3. The van der Waals surface area contributed by atoms with Gasteiger partial charge in [-0.15, -0.1) is 0 Å². The Hall–Kier alpha value is -1.63. The van der Waals surface area contributed by atoms with Crippen LogP contribution in [0, 0.1) is 0 Å². The second-order valence-electron chi connectivity index (χ2n) is 3.35. The van der Waals surface area contributed by atoms with Gasteiger partial charge >= 0.3 is 6.09 Å². The molecule has 16 heavy (non-hydrogen) atoms. The van der Waals surface area contributed by atoms with Crippen molar-refractivity contribution in [2.45, 2.75) is 6.54 Å². The Morgan fingerprint density at radius 1 is 1.56 bits per heavy atom. The molecule has 2 N–H and O–H groups in total. The zero-order chi connectivity index (χ0) is 11.7. The molecule has 0 fully saturated rings. The molecule has 1 aromatic rings. The van der Waals surface area contributed by atoms with Gasteiger partial charge in [-0.1, -0.05) is 0 Å². The van der Waals surface area contributed by atoms with Crippen LogP contribution in [0.15, 0.2) is 16.7 Å². The van der Waals surface area contributed by atoms with E-state index in [9.17, 15) is 9.59 Å². The van der Waals surface area contributed by atoms with Crippen LogP contribution in [0.1, 0.15) is 5.56 Å². The number of rotatable bonds is 0. The fourth-order valence-electron chi connectivity index (χ4n) is 1.46. The van der Waals surface area contributed by atoms with E-state index in [0.29, 0.717) is 11.4 Å². The van der Waals surface area contributed by atoms with Crippen molar-refractivity contribution in [2.24, 2.45) is 0 Å². The van der Waals surface area contributed by atoms with Crippen LogP contribution in [0.3, 0.4) is 0 Å². The maximum Gasteiger partial charge on any atom is 0.408 e. The van der Waals surface area contributed by atoms with E-state index in [4.69, 9.17) is 5.11 Å². The minimum absolute atomic E-state index is 0.149. The van der Waals surface area contributed by atoms with Gasteiger partial charge in [-0.2, -0.15) is 0 Å². The molecular weight excluding hydrogens is 278 g/mol. The lowest BCUT2D eigenvalue weighted by atomic mass is 10.2. The second-order valence-corrected chi connectivity index (χ2v) is 4.26. The summed E-state index contributed by atoms with van der Waals surface area (Å²) in [5.74, 6) is 0.0351. The van der Waals surface area contributed by atoms with E-state index in [-0.39, 0.29) is 19.0 Å². The van der Waals surface area contributed by atoms with Crippen LogP contribution in [-0.4, -0.2) is 33.5 Å². The third-order valence-corrected chi connectivity index (χ3v) is 2.59. The third-order valence-electron chi connectivity index (χ3n) is 2.16. The number of anilines is 1. The molecule has 2 rings (SSSR count). The van der Waals surface area contributed by atoms with Crippen molar-refractivity contribution in [1.29, 1.82) is 0 Å². The van der Waals surface area contributed by atoms with Crippen molar-refractivity contribution in [1.82, 2.24) is 9.88 Å². The normalized spacial score (nSPS) is 15.1. The molecule has 1 aromatic heterocycles. The topological polar surface area (TPSA) is 82.5 Å². The van der Waals surface area contributed by atoms with E-state index in [1.165, 1.54) is 0 Å². The first-order valence-electron chi connectivity index (χ1n) is 4.48. The number of carbonyl (C=O) groups is 2. The van der Waals surface area contributed by atoms with Gasteiger partial charge in [-0.25, -0.2) is 9.78 Å². The molecule has 6 nitrogen and oxygen atoms in total. The maximum atomic E-state index is 11.4. The van der Waals surface area contributed by atoms with Crippen LogP contribution in [0.2, 0.25) is 0 Å². The van der Waals surface area contributed by atoms with Gasteiger partial charge in [0.25, 0.3) is 0 Å². The number of amides is 2. The first kappa shape index (κ1) is 10.9. The molecule has 0 bridgehead atoms. The molecule has 0 saturated carbocycles. The molecule has 84 valence electrons. The number of hydrogen-bond donors (Lipinski definition) is 2. The number of halogens is 1. The van der Waals surface area contributed by atoms with Gasteiger partial charge in [0, 0.05) is 16.2 Å². The SMILES string of the molecule is O=C1CN(C(=O)O)Cc2cc(Br)cnc2N1. The summed E-state index contributed by atoms with van der Waals surface area (Å²) in [6, 6.07) is 1.74. The zero-order valence-corrected chi connectivity index (χ0v) is 9.69. The van der Waals surface area contributed by atoms with Gasteiger partial charge in [0.15, 0.2) is 0 Å². The Kier molecular flexibility index (Phi) is 2.78. The molecule has 7 heteroatoms. The average Bonchev–Trinajstić information content (AvgIpc) is 2.36. The summed E-state index contributed by atoms with van der Waals surface area (Å²) in [5, 5.41) is 11.4. The highest BCUT2D eigenvalue weighted by Gasteiger charge is 2.23. The largest absolute Gasteiger partial charge is 0.465 e. The molecule has 2 heterocycles. The van der Waals surface area contributed by atoms with Crippen molar-refractivity contribution < 1.29 is 14.7 Å². The van der Waals surface area contributed by atoms with Gasteiger partial charge in [0.1, 0.15) is 12.4 Å². The van der Waals surface area contributed by atoms with Gasteiger partial charge in [0.05, 0.1) is 6.54 Å². The zero-order valence-electron chi connectivity index (χ0n) is 8.11. The first-order valence-corrected chi connectivity index (χ1v) is 5.27. The highest BCUT2D eigenvalue weighted by atomic mass is 79.9. The highest BCUT2D eigenvalue weighted by Crippen LogP contribution is 2.21. The van der Waals surface area contributed by atoms with Gasteiger partial charge in [0.2, 0.25) is 5.91 Å². The van der Waals surface area contributed by atoms with E-state index in [0.717, 1.165) is 9.37 Å². The number of fused-ring (bicyclic) bond motifs is 1. The van der Waals surface area contributed by atoms with Gasteiger partial charge in [-0.3, -0.25) is 9.69 Å². The molecule has 0 spiro atoms. The lowest BCUT2D eigenvalue weighted by Gasteiger charge is -2.14. The Morgan fingerprint density at radius 2 is 2.31 bits per heavy atom. The number of carboxylic acid groups (broad SMARTS) is 1. The fourth-order valence-corrected chi connectivity index (χ4v) is 1.83. The molecule has 0 radical (unpaired) electrons. The summed E-state index contributed by atoms with van der Waals surface area (Å²) < 4.78 is 0.743. The van der Waals surface area contributed by atoms with Crippen molar-refractivity contribution in [3.8, 4) is 0 Å². The number of aromatic nitrogens is 1. The number of nitrogens with one attached hydrogen (secondary N) is 1. The summed E-state index contributed by atoms with van der Waals surface area (Å²) in [5.41, 5.74) is 0.669. The van der Waals surface area contributed by atoms with E-state index in [1.807, 2.05) is 0 Å². The first-order chi connectivity index (χ1) is 7.56. The number of carbonyl (C=O) groups excluding carboxylic acids is 1. The van der Waals surface area contributed by atoms with Crippen LogP contribution in [0.4, 0.5) is 10.6 Å². The number of pyridine rings is 1. The Bertz CT molecular complexity index is 463. The minimum atomic E-state index is -1.12. The lowest BCUT2D eigenvalue weighted by Crippen LogP contribution is -2.34. The summed E-state index contributed by atoms with van der Waals surface area (Å²) in [7, 11) is 0. The fraction of sp³-hybridized carbons (Fsp3) is 0.222. The van der Waals surface area contributed by atoms with Gasteiger partial charge < -0.3 is 10.4 Å². The van der Waals surface area contributed by atoms with Crippen LogP contribution < -0.4 is 5.32 Å². The monoisotopic (exact) mass is 285 g/mol. The quantitative estimate of drug-likeness (QED) is 0.752. The Balaban J connectivity index is 2.39. The lowest BCUT2D eigenvalue weighted by molar-refractivity contribution is -0.116. The summed E-state index contributed by atoms with van der Waals surface area (Å²) in [6.07, 6.45) is 0.429. The molecule has 1 aliphatic heterocycles. The summed E-state index contributed by atoms with van der Waals surface area (Å²) in [6.45, 7) is -0.0286. The van der Waals surface area contributed by atoms with Crippen molar-refractivity contribution in [2.75, 3.05) is 11.9 Å². The van der Waals surface area contributed by atoms with Crippen LogP contribution in [0.5, 0.6) is 0 Å². The molecule has 0 unspecified atom stereocenters. The van der Waals surface area contributed by atoms with Gasteiger partial charge in [-0.05, 0) is 22.0 Å². The van der Waals surface area contributed by atoms with Crippen molar-refractivity contribution >= 4 is 33.7 Å². The maximum absolute atomic E-state index is 11.4. The van der Waals surface area contributed by atoms with Crippen molar-refractivity contribution in [3.63, 3.8) is 0 Å². The summed E-state index contributed by atoms with van der Waals surface area (Å²) in [4.78, 5) is 27.3. The number of hydrogen-bond acceptors (Lipinski definition) is 3. The molecule has 0 aromatic carbocycles. The molecule has 2 amide bonds. The predicted molar refractivity (Wildman–Crippen MR) is 59.0 cm³/mol. The molecule has 0 atom stereocenters. The van der Waals surface area contributed by atoms with E-state index in [1.54, 1.807) is 12.3 Å². The second kappa shape index (κ2) is 4.09. The Labute approximate surface area is 99.4 Å². The third kappa shape index (κ3) is 2.13. The van der Waals surface area contributed by atoms with E-state index < -0.39 is 6.09 Å². The standard InChI is InChI=1S/C9H8BrN3O3/c10-6-1-5-3-13(9(15)16)4-7(14)12-8(5)11-2-6/h1-2H,3-4H2,(H,15,16)(H,11,12,14). The highest BCUT2D eigenvalue weighted by molar-refractivity contribution is 9.10. The molecule has 0 saturated heterocycles. The Morgan fingerprint density at radius 3 is 3.00 bits per heavy atom. The van der Waals surface area contributed by atoms with Crippen LogP contribution in [0.25, 0.3) is 0 Å².